The summed E-state index contributed by atoms with van der Waals surface area (Å²) in [5.74, 6) is 0.832. The number of rotatable bonds is 4. The number of hydrogen-bond donors (Lipinski definition) is 1. The highest BCUT2D eigenvalue weighted by molar-refractivity contribution is 9.10. The molecule has 0 aliphatic carbocycles. The fraction of sp³-hybridized carbons (Fsp3) is 0.294. The van der Waals surface area contributed by atoms with Crippen LogP contribution in [0.5, 0.6) is 5.75 Å². The van der Waals surface area contributed by atoms with Gasteiger partial charge in [0.15, 0.2) is 0 Å². The Morgan fingerprint density at radius 2 is 1.80 bits per heavy atom. The van der Waals surface area contributed by atoms with Crippen molar-refractivity contribution in [3.8, 4) is 5.75 Å². The van der Waals surface area contributed by atoms with E-state index < -0.39 is 0 Å². The fourth-order valence-corrected chi connectivity index (χ4v) is 2.83. The average molecular weight is 334 g/mol. The van der Waals surface area contributed by atoms with Crippen molar-refractivity contribution in [2.24, 2.45) is 5.73 Å². The largest absolute Gasteiger partial charge is 0.496 e. The molecule has 106 valence electrons. The Bertz CT molecular complexity index is 590. The second-order valence-corrected chi connectivity index (χ2v) is 5.98. The summed E-state index contributed by atoms with van der Waals surface area (Å²) >= 11 is 3.46. The standard InChI is InChI=1S/C17H20BrNO/c1-11-5-4-6-12(2)15(11)10-16(19)14-8-7-13(18)9-17(14)20-3/h4-9,16H,10,19H2,1-3H3. The maximum Gasteiger partial charge on any atom is 0.124 e. The Balaban J connectivity index is 2.31. The van der Waals surface area contributed by atoms with Crippen LogP contribution in [0, 0.1) is 13.8 Å². The molecule has 2 N–H and O–H groups in total. The molecule has 20 heavy (non-hydrogen) atoms. The summed E-state index contributed by atoms with van der Waals surface area (Å²) in [4.78, 5) is 0. The van der Waals surface area contributed by atoms with Crippen LogP contribution in [-0.2, 0) is 6.42 Å². The minimum Gasteiger partial charge on any atom is -0.496 e. The average Bonchev–Trinajstić information content (AvgIpc) is 2.42. The highest BCUT2D eigenvalue weighted by Gasteiger charge is 2.15. The van der Waals surface area contributed by atoms with Crippen LogP contribution in [0.25, 0.3) is 0 Å². The number of ether oxygens (including phenoxy) is 1. The maximum absolute atomic E-state index is 6.40. The lowest BCUT2D eigenvalue weighted by molar-refractivity contribution is 0.405. The zero-order chi connectivity index (χ0) is 14.7. The highest BCUT2D eigenvalue weighted by Crippen LogP contribution is 2.30. The molecule has 2 nitrogen and oxygen atoms in total. The van der Waals surface area contributed by atoms with Crippen LogP contribution in [0.15, 0.2) is 40.9 Å². The molecule has 1 unspecified atom stereocenters. The van der Waals surface area contributed by atoms with Crippen molar-refractivity contribution in [3.63, 3.8) is 0 Å². The van der Waals surface area contributed by atoms with E-state index in [2.05, 4.69) is 48.0 Å². The zero-order valence-electron chi connectivity index (χ0n) is 12.1. The first-order valence-corrected chi connectivity index (χ1v) is 7.46. The summed E-state index contributed by atoms with van der Waals surface area (Å²) in [6.07, 6.45) is 0.816. The smallest absolute Gasteiger partial charge is 0.124 e. The monoisotopic (exact) mass is 333 g/mol. The van der Waals surface area contributed by atoms with Crippen molar-refractivity contribution in [2.45, 2.75) is 26.3 Å². The van der Waals surface area contributed by atoms with E-state index in [0.29, 0.717) is 0 Å². The molecule has 0 radical (unpaired) electrons. The van der Waals surface area contributed by atoms with Crippen LogP contribution in [0.3, 0.4) is 0 Å². The molecule has 0 fully saturated rings. The normalized spacial score (nSPS) is 12.2. The van der Waals surface area contributed by atoms with Crippen molar-refractivity contribution in [2.75, 3.05) is 7.11 Å². The molecule has 2 aromatic rings. The van der Waals surface area contributed by atoms with Gasteiger partial charge in [-0.25, -0.2) is 0 Å². The number of methoxy groups -OCH3 is 1. The first-order valence-electron chi connectivity index (χ1n) is 6.67. The summed E-state index contributed by atoms with van der Waals surface area (Å²) in [5, 5.41) is 0. The minimum absolute atomic E-state index is 0.0714. The first-order chi connectivity index (χ1) is 9.52. The molecule has 0 saturated carbocycles. The Morgan fingerprint density at radius 3 is 2.40 bits per heavy atom. The number of hydrogen-bond acceptors (Lipinski definition) is 2. The molecule has 0 bridgehead atoms. The highest BCUT2D eigenvalue weighted by atomic mass is 79.9. The number of benzene rings is 2. The van der Waals surface area contributed by atoms with Crippen molar-refractivity contribution >= 4 is 15.9 Å². The SMILES string of the molecule is COc1cc(Br)ccc1C(N)Cc1c(C)cccc1C. The third-order valence-electron chi connectivity index (χ3n) is 3.66. The minimum atomic E-state index is -0.0714. The van der Waals surface area contributed by atoms with Gasteiger partial charge in [-0.1, -0.05) is 40.2 Å². The lowest BCUT2D eigenvalue weighted by Gasteiger charge is -2.18. The van der Waals surface area contributed by atoms with Gasteiger partial charge in [0.25, 0.3) is 0 Å². The topological polar surface area (TPSA) is 35.2 Å². The van der Waals surface area contributed by atoms with Gasteiger partial charge in [-0.3, -0.25) is 0 Å². The lowest BCUT2D eigenvalue weighted by Crippen LogP contribution is -2.15. The molecule has 0 aliphatic heterocycles. The lowest BCUT2D eigenvalue weighted by atomic mass is 9.93. The summed E-state index contributed by atoms with van der Waals surface area (Å²) in [5.41, 5.74) is 11.3. The number of aryl methyl sites for hydroxylation is 2. The van der Waals surface area contributed by atoms with Gasteiger partial charge in [-0.2, -0.15) is 0 Å². The Labute approximate surface area is 129 Å². The van der Waals surface area contributed by atoms with E-state index in [9.17, 15) is 0 Å². The molecule has 3 heteroatoms. The maximum atomic E-state index is 6.40. The number of halogens is 1. The molecule has 1 atom stereocenters. The van der Waals surface area contributed by atoms with E-state index in [1.54, 1.807) is 7.11 Å². The first kappa shape index (κ1) is 15.1. The van der Waals surface area contributed by atoms with Crippen LogP contribution < -0.4 is 10.5 Å². The summed E-state index contributed by atoms with van der Waals surface area (Å²) < 4.78 is 6.43. The molecule has 2 aromatic carbocycles. The van der Waals surface area contributed by atoms with E-state index in [1.807, 2.05) is 18.2 Å². The second kappa shape index (κ2) is 6.42. The van der Waals surface area contributed by atoms with Crippen molar-refractivity contribution < 1.29 is 4.74 Å². The Morgan fingerprint density at radius 1 is 1.15 bits per heavy atom. The van der Waals surface area contributed by atoms with Crippen LogP contribution in [0.4, 0.5) is 0 Å². The molecule has 0 aromatic heterocycles. The van der Waals surface area contributed by atoms with E-state index >= 15 is 0 Å². The third kappa shape index (κ3) is 3.22. The summed E-state index contributed by atoms with van der Waals surface area (Å²) in [6, 6.07) is 12.3. The Kier molecular flexibility index (Phi) is 4.84. The predicted molar refractivity (Wildman–Crippen MR) is 87.2 cm³/mol. The van der Waals surface area contributed by atoms with Gasteiger partial charge in [0, 0.05) is 16.1 Å². The summed E-state index contributed by atoms with van der Waals surface area (Å²) in [7, 11) is 1.68. The molecule has 2 rings (SSSR count). The second-order valence-electron chi connectivity index (χ2n) is 5.07. The molecule has 0 aliphatic rings. The molecule has 0 heterocycles. The molecule has 0 amide bonds. The van der Waals surface area contributed by atoms with Gasteiger partial charge in [0.2, 0.25) is 0 Å². The zero-order valence-corrected chi connectivity index (χ0v) is 13.7. The Hall–Kier alpha value is -1.32. The quantitative estimate of drug-likeness (QED) is 0.904. The van der Waals surface area contributed by atoms with Gasteiger partial charge in [0.05, 0.1) is 7.11 Å². The fourth-order valence-electron chi connectivity index (χ4n) is 2.49. The van der Waals surface area contributed by atoms with E-state index in [-0.39, 0.29) is 6.04 Å². The van der Waals surface area contributed by atoms with E-state index in [4.69, 9.17) is 10.5 Å². The van der Waals surface area contributed by atoms with Crippen molar-refractivity contribution in [1.29, 1.82) is 0 Å². The van der Waals surface area contributed by atoms with Crippen molar-refractivity contribution in [3.05, 3.63) is 63.1 Å². The molecule has 0 spiro atoms. The third-order valence-corrected chi connectivity index (χ3v) is 4.16. The molecular weight excluding hydrogens is 314 g/mol. The summed E-state index contributed by atoms with van der Waals surface area (Å²) in [6.45, 7) is 4.27. The van der Waals surface area contributed by atoms with E-state index in [1.165, 1.54) is 16.7 Å². The number of nitrogens with two attached hydrogens (primary N) is 1. The molecule has 0 saturated heterocycles. The van der Waals surface area contributed by atoms with Crippen LogP contribution in [-0.4, -0.2) is 7.11 Å². The van der Waals surface area contributed by atoms with E-state index in [0.717, 1.165) is 22.2 Å². The predicted octanol–water partition coefficient (Wildman–Crippen LogP) is 4.32. The molecular formula is C17H20BrNO. The van der Waals surface area contributed by atoms with Crippen LogP contribution in [0.1, 0.15) is 28.3 Å². The van der Waals surface area contributed by atoms with Gasteiger partial charge in [-0.05, 0) is 49.1 Å². The van der Waals surface area contributed by atoms with Crippen molar-refractivity contribution in [1.82, 2.24) is 0 Å². The van der Waals surface area contributed by atoms with Gasteiger partial charge < -0.3 is 10.5 Å². The van der Waals surface area contributed by atoms with Gasteiger partial charge in [-0.15, -0.1) is 0 Å². The van der Waals surface area contributed by atoms with Crippen LogP contribution in [0.2, 0.25) is 0 Å². The van der Waals surface area contributed by atoms with Gasteiger partial charge in [0.1, 0.15) is 5.75 Å². The van der Waals surface area contributed by atoms with Crippen LogP contribution >= 0.6 is 15.9 Å². The van der Waals surface area contributed by atoms with Gasteiger partial charge >= 0.3 is 0 Å².